The van der Waals surface area contributed by atoms with Crippen LogP contribution in [0.2, 0.25) is 0 Å². The summed E-state index contributed by atoms with van der Waals surface area (Å²) in [4.78, 5) is 17.1. The van der Waals surface area contributed by atoms with E-state index < -0.39 is 6.04 Å². The first-order chi connectivity index (χ1) is 13.5. The van der Waals surface area contributed by atoms with E-state index in [0.29, 0.717) is 41.9 Å². The van der Waals surface area contributed by atoms with Gasteiger partial charge in [0, 0.05) is 5.70 Å². The Kier molecular flexibility index (Phi) is 6.23. The van der Waals surface area contributed by atoms with Crippen molar-refractivity contribution in [3.8, 4) is 11.5 Å². The van der Waals surface area contributed by atoms with Gasteiger partial charge in [0.2, 0.25) is 5.95 Å². The fourth-order valence-electron chi connectivity index (χ4n) is 3.14. The van der Waals surface area contributed by atoms with Crippen LogP contribution in [0, 0.1) is 0 Å². The molecule has 0 spiro atoms. The van der Waals surface area contributed by atoms with Crippen molar-refractivity contribution >= 4 is 27.8 Å². The zero-order chi connectivity index (χ0) is 20.3. The minimum absolute atomic E-state index is 0.350. The molecule has 2 aromatic rings. The van der Waals surface area contributed by atoms with E-state index in [1.54, 1.807) is 11.8 Å². The molecule has 9 heteroatoms. The zero-order valence-corrected chi connectivity index (χ0v) is 17.9. The molecular formula is C19H23BrN4O4. The fraction of sp³-hybridized carbons (Fsp3) is 0.421. The minimum Gasteiger partial charge on any atom is -0.492 e. The number of benzene rings is 1. The molecule has 0 saturated carbocycles. The lowest BCUT2D eigenvalue weighted by molar-refractivity contribution is -0.139. The van der Waals surface area contributed by atoms with Gasteiger partial charge in [0.15, 0.2) is 11.5 Å². The van der Waals surface area contributed by atoms with Crippen LogP contribution >= 0.6 is 15.9 Å². The number of hydrogen-bond acceptors (Lipinski definition) is 7. The number of rotatable bonds is 7. The summed E-state index contributed by atoms with van der Waals surface area (Å²) in [5.41, 5.74) is 1.95. The van der Waals surface area contributed by atoms with Crippen LogP contribution in [0.4, 0.5) is 5.95 Å². The van der Waals surface area contributed by atoms with Crippen LogP contribution in [-0.2, 0) is 9.53 Å². The maximum absolute atomic E-state index is 12.9. The number of hydrogen-bond donors (Lipinski definition) is 1. The van der Waals surface area contributed by atoms with Gasteiger partial charge < -0.3 is 19.5 Å². The third kappa shape index (κ3) is 3.71. The molecule has 1 atom stereocenters. The van der Waals surface area contributed by atoms with Crippen molar-refractivity contribution in [2.24, 2.45) is 0 Å². The van der Waals surface area contributed by atoms with E-state index >= 15 is 0 Å². The molecule has 1 aromatic heterocycles. The quantitative estimate of drug-likeness (QED) is 0.643. The van der Waals surface area contributed by atoms with Gasteiger partial charge in [-0.2, -0.15) is 10.1 Å². The van der Waals surface area contributed by atoms with Gasteiger partial charge in [0.05, 0.1) is 30.4 Å². The van der Waals surface area contributed by atoms with Gasteiger partial charge >= 0.3 is 5.97 Å². The highest BCUT2D eigenvalue weighted by Gasteiger charge is 2.35. The summed E-state index contributed by atoms with van der Waals surface area (Å²) in [6.07, 6.45) is 2.19. The molecule has 1 unspecified atom stereocenters. The molecular weight excluding hydrogens is 428 g/mol. The predicted molar refractivity (Wildman–Crippen MR) is 108 cm³/mol. The molecule has 150 valence electrons. The van der Waals surface area contributed by atoms with Crippen LogP contribution in [0.5, 0.6) is 11.5 Å². The number of aromatic nitrogens is 3. The van der Waals surface area contributed by atoms with Gasteiger partial charge in [0.25, 0.3) is 0 Å². The molecule has 0 aliphatic carbocycles. The first-order valence-corrected chi connectivity index (χ1v) is 9.85. The Morgan fingerprint density at radius 1 is 1.36 bits per heavy atom. The Morgan fingerprint density at radius 2 is 2.14 bits per heavy atom. The monoisotopic (exact) mass is 450 g/mol. The van der Waals surface area contributed by atoms with E-state index in [2.05, 4.69) is 31.3 Å². The molecule has 1 N–H and O–H groups in total. The number of methoxy groups -OCH3 is 1. The van der Waals surface area contributed by atoms with Crippen molar-refractivity contribution < 1.29 is 19.0 Å². The maximum atomic E-state index is 12.9. The Hall–Kier alpha value is -2.55. The van der Waals surface area contributed by atoms with Gasteiger partial charge in [-0.3, -0.25) is 0 Å². The van der Waals surface area contributed by atoms with E-state index in [1.807, 2.05) is 32.9 Å². The lowest BCUT2D eigenvalue weighted by Gasteiger charge is -2.29. The average Bonchev–Trinajstić information content (AvgIpc) is 3.12. The van der Waals surface area contributed by atoms with Crippen LogP contribution in [-0.4, -0.2) is 41.1 Å². The molecule has 2 heterocycles. The number of anilines is 1. The van der Waals surface area contributed by atoms with Crippen molar-refractivity contribution in [2.45, 2.75) is 33.2 Å². The molecule has 1 aliphatic heterocycles. The summed E-state index contributed by atoms with van der Waals surface area (Å²) in [7, 11) is 1.58. The van der Waals surface area contributed by atoms with Gasteiger partial charge in [0.1, 0.15) is 12.4 Å². The van der Waals surface area contributed by atoms with Gasteiger partial charge in [-0.05, 0) is 53.9 Å². The van der Waals surface area contributed by atoms with Crippen molar-refractivity contribution in [2.75, 3.05) is 25.6 Å². The molecule has 0 fully saturated rings. The SMILES string of the molecule is CCCOC(=O)C1=C(C)Nc2ncnn2C1c1cc(Br)c(OC)c(OCC)c1. The van der Waals surface area contributed by atoms with E-state index in [9.17, 15) is 4.79 Å². The Morgan fingerprint density at radius 3 is 2.82 bits per heavy atom. The number of nitrogens with one attached hydrogen (secondary N) is 1. The first kappa shape index (κ1) is 20.2. The number of ether oxygens (including phenoxy) is 3. The van der Waals surface area contributed by atoms with Gasteiger partial charge in [-0.1, -0.05) is 6.92 Å². The molecule has 1 aliphatic rings. The molecule has 0 amide bonds. The second-order valence-electron chi connectivity index (χ2n) is 6.20. The molecule has 0 bridgehead atoms. The normalized spacial score (nSPS) is 15.7. The number of halogens is 1. The average molecular weight is 451 g/mol. The van der Waals surface area contributed by atoms with Gasteiger partial charge in [-0.15, -0.1) is 0 Å². The Balaban J connectivity index is 2.15. The van der Waals surface area contributed by atoms with Crippen molar-refractivity contribution in [3.63, 3.8) is 0 Å². The van der Waals surface area contributed by atoms with Crippen molar-refractivity contribution in [3.05, 3.63) is 39.8 Å². The third-order valence-electron chi connectivity index (χ3n) is 4.30. The molecule has 8 nitrogen and oxygen atoms in total. The van der Waals surface area contributed by atoms with Crippen LogP contribution in [0.3, 0.4) is 0 Å². The minimum atomic E-state index is -0.510. The number of nitrogens with zero attached hydrogens (tertiary/aromatic N) is 3. The van der Waals surface area contributed by atoms with E-state index in [4.69, 9.17) is 14.2 Å². The summed E-state index contributed by atoms with van der Waals surface area (Å²) >= 11 is 3.54. The number of carbonyl (C=O) groups is 1. The lowest BCUT2D eigenvalue weighted by atomic mass is 9.95. The summed E-state index contributed by atoms with van der Waals surface area (Å²) < 4.78 is 19.0. The van der Waals surface area contributed by atoms with Crippen LogP contribution in [0.1, 0.15) is 38.8 Å². The molecule has 28 heavy (non-hydrogen) atoms. The first-order valence-electron chi connectivity index (χ1n) is 9.06. The second-order valence-corrected chi connectivity index (χ2v) is 7.05. The fourth-order valence-corrected chi connectivity index (χ4v) is 3.76. The largest absolute Gasteiger partial charge is 0.492 e. The smallest absolute Gasteiger partial charge is 0.338 e. The summed E-state index contributed by atoms with van der Waals surface area (Å²) in [6, 6.07) is 3.24. The molecule has 0 radical (unpaired) electrons. The zero-order valence-electron chi connectivity index (χ0n) is 16.3. The van der Waals surface area contributed by atoms with E-state index in [-0.39, 0.29) is 5.97 Å². The lowest BCUT2D eigenvalue weighted by Crippen LogP contribution is -2.29. The number of esters is 1. The highest BCUT2D eigenvalue weighted by Crippen LogP contribution is 2.42. The van der Waals surface area contributed by atoms with Crippen LogP contribution < -0.4 is 14.8 Å². The molecule has 1 aromatic carbocycles. The van der Waals surface area contributed by atoms with Gasteiger partial charge in [-0.25, -0.2) is 9.48 Å². The highest BCUT2D eigenvalue weighted by molar-refractivity contribution is 9.10. The predicted octanol–water partition coefficient (Wildman–Crippen LogP) is 3.69. The second kappa shape index (κ2) is 8.64. The summed E-state index contributed by atoms with van der Waals surface area (Å²) in [6.45, 7) is 6.51. The summed E-state index contributed by atoms with van der Waals surface area (Å²) in [5, 5.41) is 7.45. The number of carbonyl (C=O) groups excluding carboxylic acids is 1. The van der Waals surface area contributed by atoms with Crippen LogP contribution in [0.15, 0.2) is 34.2 Å². The molecule has 3 rings (SSSR count). The number of fused-ring (bicyclic) bond motifs is 1. The Labute approximate surface area is 172 Å². The number of allylic oxidation sites excluding steroid dienone is 1. The third-order valence-corrected chi connectivity index (χ3v) is 4.89. The maximum Gasteiger partial charge on any atom is 0.338 e. The van der Waals surface area contributed by atoms with Crippen LogP contribution in [0.25, 0.3) is 0 Å². The van der Waals surface area contributed by atoms with E-state index in [0.717, 1.165) is 16.5 Å². The van der Waals surface area contributed by atoms with Crippen molar-refractivity contribution in [1.82, 2.24) is 14.8 Å². The topological polar surface area (TPSA) is 87.5 Å². The van der Waals surface area contributed by atoms with Crippen molar-refractivity contribution in [1.29, 1.82) is 0 Å². The Bertz CT molecular complexity index is 909. The highest BCUT2D eigenvalue weighted by atomic mass is 79.9. The van der Waals surface area contributed by atoms with E-state index in [1.165, 1.54) is 6.33 Å². The standard InChI is InChI=1S/C19H23BrN4O4/c1-5-7-28-18(25)15-11(3)23-19-21-10-22-24(19)16(15)12-8-13(20)17(26-4)14(9-12)27-6-2/h8-10,16H,5-7H2,1-4H3,(H,21,22,23). The molecule has 0 saturated heterocycles. The summed E-state index contributed by atoms with van der Waals surface area (Å²) in [5.74, 6) is 1.34.